The molecule has 0 atom stereocenters. The average Bonchev–Trinajstić information content (AvgIpc) is 3.29. The van der Waals surface area contributed by atoms with Gasteiger partial charge >= 0.3 is 10.8 Å². The van der Waals surface area contributed by atoms with Crippen molar-refractivity contribution in [3.63, 3.8) is 0 Å². The first-order valence-electron chi connectivity index (χ1n) is 9.07. The van der Waals surface area contributed by atoms with Gasteiger partial charge in [-0.1, -0.05) is 17.8 Å². The molecule has 2 heterocycles. The van der Waals surface area contributed by atoms with Gasteiger partial charge in [0, 0.05) is 13.0 Å². The van der Waals surface area contributed by atoms with Crippen LogP contribution < -0.4 is 4.87 Å². The number of hydrogen-bond donors (Lipinski definition) is 3. The zero-order valence-electron chi connectivity index (χ0n) is 15.7. The molecule has 0 saturated heterocycles. The van der Waals surface area contributed by atoms with Crippen LogP contribution in [0.3, 0.4) is 0 Å². The zero-order chi connectivity index (χ0) is 21.8. The molecule has 1 aromatic carbocycles. The Bertz CT molecular complexity index is 1150. The molecule has 3 aromatic rings. The molecule has 0 bridgehead atoms. The smallest absolute Gasteiger partial charge is 0.310 e. The minimum absolute atomic E-state index is 0.00819. The van der Waals surface area contributed by atoms with Crippen molar-refractivity contribution >= 4 is 23.0 Å². The van der Waals surface area contributed by atoms with Crippen molar-refractivity contribution in [2.75, 3.05) is 0 Å². The van der Waals surface area contributed by atoms with Gasteiger partial charge in [-0.05, 0) is 43.2 Å². The summed E-state index contributed by atoms with van der Waals surface area (Å²) in [5.41, 5.74) is -0.368. The first kappa shape index (κ1) is 21.4. The molecule has 0 saturated carbocycles. The fourth-order valence-corrected chi connectivity index (χ4v) is 3.76. The summed E-state index contributed by atoms with van der Waals surface area (Å²) >= 11 is 0.668. The van der Waals surface area contributed by atoms with Crippen LogP contribution in [0.1, 0.15) is 36.3 Å². The average molecular weight is 436 g/mol. The number of carboxylic acid groups (broad SMARTS) is 1. The van der Waals surface area contributed by atoms with Crippen molar-refractivity contribution in [2.24, 2.45) is 0 Å². The molecule has 0 radical (unpaired) electrons. The number of nitrogens with one attached hydrogen (secondary N) is 1. The Morgan fingerprint density at radius 2 is 1.93 bits per heavy atom. The summed E-state index contributed by atoms with van der Waals surface area (Å²) in [6, 6.07) is 5.66. The lowest BCUT2D eigenvalue weighted by Crippen LogP contribution is -2.12. The van der Waals surface area contributed by atoms with E-state index in [4.69, 9.17) is 14.9 Å². The van der Waals surface area contributed by atoms with Crippen molar-refractivity contribution in [3.05, 3.63) is 62.3 Å². The lowest BCUT2D eigenvalue weighted by molar-refractivity contribution is -0.137. The number of hydrogen-bond acceptors (Lipinski definition) is 6. The van der Waals surface area contributed by atoms with E-state index in [0.29, 0.717) is 30.6 Å². The van der Waals surface area contributed by atoms with E-state index in [0.717, 1.165) is 22.8 Å². The lowest BCUT2D eigenvalue weighted by atomic mass is 10.1. The molecule has 3 rings (SSSR count). The Labute approximate surface area is 173 Å². The van der Waals surface area contributed by atoms with Crippen LogP contribution in [0.25, 0.3) is 11.3 Å². The number of unbranched alkanes of at least 4 members (excludes halogenated alkanes) is 2. The van der Waals surface area contributed by atoms with Crippen molar-refractivity contribution in [1.82, 2.24) is 4.57 Å². The van der Waals surface area contributed by atoms with E-state index in [9.17, 15) is 23.5 Å². The number of benzene rings is 1. The van der Waals surface area contributed by atoms with Crippen LogP contribution in [-0.2, 0) is 11.3 Å². The van der Waals surface area contributed by atoms with E-state index in [1.165, 1.54) is 12.1 Å². The minimum atomic E-state index is -0.891. The maximum Gasteiger partial charge on any atom is 0.310 e. The van der Waals surface area contributed by atoms with E-state index in [2.05, 4.69) is 0 Å². The second-order valence-corrected chi connectivity index (χ2v) is 7.50. The number of furan rings is 1. The molecule has 0 unspecified atom stereocenters. The van der Waals surface area contributed by atoms with Gasteiger partial charge in [0.05, 0.1) is 5.56 Å². The second kappa shape index (κ2) is 9.04. The highest BCUT2D eigenvalue weighted by molar-refractivity contribution is 7.12. The number of aromatic hydroxyl groups is 1. The number of halogens is 2. The van der Waals surface area contributed by atoms with Gasteiger partial charge in [-0.25, -0.2) is 8.78 Å². The van der Waals surface area contributed by atoms with Gasteiger partial charge in [0.1, 0.15) is 28.0 Å². The first-order valence-corrected chi connectivity index (χ1v) is 9.88. The van der Waals surface area contributed by atoms with Crippen molar-refractivity contribution in [1.29, 1.82) is 5.41 Å². The predicted octanol–water partition coefficient (Wildman–Crippen LogP) is 4.21. The number of thiazole rings is 1. The van der Waals surface area contributed by atoms with Gasteiger partial charge in [-0.2, -0.15) is 0 Å². The molecule has 0 aliphatic rings. The summed E-state index contributed by atoms with van der Waals surface area (Å²) in [7, 11) is 0. The standard InChI is InChI=1S/C20H18F2N2O5S/c21-11-5-6-13(22)12(10-11)14-7-8-15(29-14)17(23)18-19(27)24(20(28)30-18)9-3-1-2-4-16(25)26/h5-8,10,23,27H,1-4,9H2,(H,25,26). The molecule has 2 aromatic heterocycles. The van der Waals surface area contributed by atoms with Gasteiger partial charge < -0.3 is 14.6 Å². The quantitative estimate of drug-likeness (QED) is 0.343. The third-order valence-electron chi connectivity index (χ3n) is 4.41. The molecule has 158 valence electrons. The summed E-state index contributed by atoms with van der Waals surface area (Å²) in [5, 5.41) is 27.3. The van der Waals surface area contributed by atoms with Gasteiger partial charge in [-0.3, -0.25) is 19.6 Å². The monoisotopic (exact) mass is 436 g/mol. The third kappa shape index (κ3) is 4.65. The molecular formula is C20H18F2N2O5S. The van der Waals surface area contributed by atoms with Crippen LogP contribution in [0.4, 0.5) is 8.78 Å². The third-order valence-corrected chi connectivity index (χ3v) is 5.40. The SMILES string of the molecule is N=C(c1ccc(-c2cc(F)ccc2F)o1)c1sc(=O)n(CCCCCC(=O)O)c1O. The Hall–Kier alpha value is -3.27. The number of aromatic nitrogens is 1. The van der Waals surface area contributed by atoms with Gasteiger partial charge in [0.15, 0.2) is 5.76 Å². The van der Waals surface area contributed by atoms with Gasteiger partial charge in [0.25, 0.3) is 0 Å². The molecule has 0 aliphatic carbocycles. The molecule has 0 fully saturated rings. The van der Waals surface area contributed by atoms with Crippen molar-refractivity contribution in [2.45, 2.75) is 32.2 Å². The fraction of sp³-hybridized carbons (Fsp3) is 0.250. The van der Waals surface area contributed by atoms with Crippen LogP contribution >= 0.6 is 11.3 Å². The molecule has 30 heavy (non-hydrogen) atoms. The molecule has 0 amide bonds. The first-order chi connectivity index (χ1) is 14.3. The maximum atomic E-state index is 13.9. The highest BCUT2D eigenvalue weighted by atomic mass is 32.1. The van der Waals surface area contributed by atoms with E-state index in [-0.39, 0.29) is 46.5 Å². The second-order valence-electron chi connectivity index (χ2n) is 6.54. The molecule has 10 heteroatoms. The molecule has 3 N–H and O–H groups in total. The summed E-state index contributed by atoms with van der Waals surface area (Å²) < 4.78 is 33.9. The summed E-state index contributed by atoms with van der Waals surface area (Å²) in [6.45, 7) is 0.186. The van der Waals surface area contributed by atoms with E-state index in [1.807, 2.05) is 0 Å². The van der Waals surface area contributed by atoms with Crippen molar-refractivity contribution in [3.8, 4) is 17.2 Å². The normalized spacial score (nSPS) is 11.0. The molecule has 7 nitrogen and oxygen atoms in total. The van der Waals surface area contributed by atoms with Crippen LogP contribution in [-0.4, -0.2) is 26.5 Å². The van der Waals surface area contributed by atoms with Gasteiger partial charge in [-0.15, -0.1) is 0 Å². The van der Waals surface area contributed by atoms with E-state index < -0.39 is 22.5 Å². The van der Waals surface area contributed by atoms with Crippen LogP contribution in [0.15, 0.2) is 39.5 Å². The number of carboxylic acids is 1. The largest absolute Gasteiger partial charge is 0.493 e. The summed E-state index contributed by atoms with van der Waals surface area (Å²) in [6.07, 6.45) is 1.56. The Morgan fingerprint density at radius 3 is 2.67 bits per heavy atom. The highest BCUT2D eigenvalue weighted by Crippen LogP contribution is 2.29. The molecule has 0 aliphatic heterocycles. The molecular weight excluding hydrogens is 418 g/mol. The highest BCUT2D eigenvalue weighted by Gasteiger charge is 2.22. The maximum absolute atomic E-state index is 13.9. The number of nitrogens with zero attached hydrogens (tertiary/aromatic N) is 1. The van der Waals surface area contributed by atoms with Crippen LogP contribution in [0.5, 0.6) is 5.88 Å². The minimum Gasteiger partial charge on any atom is -0.493 e. The summed E-state index contributed by atoms with van der Waals surface area (Å²) in [4.78, 5) is 22.2. The van der Waals surface area contributed by atoms with Crippen molar-refractivity contribution < 1.29 is 28.2 Å². The Morgan fingerprint density at radius 1 is 1.17 bits per heavy atom. The topological polar surface area (TPSA) is 117 Å². The van der Waals surface area contributed by atoms with E-state index in [1.54, 1.807) is 0 Å². The number of carbonyl (C=O) groups is 1. The lowest BCUT2D eigenvalue weighted by Gasteiger charge is -2.04. The van der Waals surface area contributed by atoms with E-state index >= 15 is 0 Å². The zero-order valence-corrected chi connectivity index (χ0v) is 16.5. The molecule has 0 spiro atoms. The van der Waals surface area contributed by atoms with Crippen LogP contribution in [0, 0.1) is 17.0 Å². The fourth-order valence-electron chi connectivity index (χ4n) is 2.90. The van der Waals surface area contributed by atoms with Crippen LogP contribution in [0.2, 0.25) is 0 Å². The number of aliphatic carboxylic acids is 1. The Kier molecular flexibility index (Phi) is 6.46. The number of rotatable bonds is 9. The predicted molar refractivity (Wildman–Crippen MR) is 106 cm³/mol. The Balaban J connectivity index is 1.76. The van der Waals surface area contributed by atoms with Gasteiger partial charge in [0.2, 0.25) is 5.88 Å². The summed E-state index contributed by atoms with van der Waals surface area (Å²) in [5.74, 6) is -2.61.